The van der Waals surface area contributed by atoms with Crippen LogP contribution in [0.25, 0.3) is 0 Å². The fourth-order valence-electron chi connectivity index (χ4n) is 2.95. The molecule has 0 bridgehead atoms. The summed E-state index contributed by atoms with van der Waals surface area (Å²) in [6.07, 6.45) is 1.54. The first-order valence-corrected chi connectivity index (χ1v) is 9.62. The molecule has 10 heteroatoms. The smallest absolute Gasteiger partial charge is 0.289 e. The predicted molar refractivity (Wildman–Crippen MR) is 104 cm³/mol. The van der Waals surface area contributed by atoms with Gasteiger partial charge in [0.1, 0.15) is 17.1 Å². The first kappa shape index (κ1) is 18.1. The molecule has 3 aromatic heterocycles. The molecule has 0 atom stereocenters. The second-order valence-corrected chi connectivity index (χ2v) is 7.13. The normalized spacial score (nSPS) is 14.2. The standard InChI is InChI=1S/C18H18N6O3S/c1-12-2-4-14(27-12)17(26)24-8-6-23(7-9-24)15-5-3-13(10-19-15)16(25)21-18-22-20-11-28-18/h2-5,10-11H,6-9H2,1H3,(H,21,22,25). The van der Waals surface area contributed by atoms with Crippen LogP contribution in [0.4, 0.5) is 10.9 Å². The lowest BCUT2D eigenvalue weighted by Crippen LogP contribution is -2.49. The van der Waals surface area contributed by atoms with Crippen LogP contribution in [0.1, 0.15) is 26.7 Å². The first-order chi connectivity index (χ1) is 13.6. The van der Waals surface area contributed by atoms with E-state index in [2.05, 4.69) is 25.4 Å². The van der Waals surface area contributed by atoms with Crippen LogP contribution in [0.5, 0.6) is 0 Å². The monoisotopic (exact) mass is 398 g/mol. The predicted octanol–water partition coefficient (Wildman–Crippen LogP) is 2.05. The molecule has 9 nitrogen and oxygen atoms in total. The van der Waals surface area contributed by atoms with Crippen molar-refractivity contribution in [1.82, 2.24) is 20.1 Å². The number of rotatable bonds is 4. The van der Waals surface area contributed by atoms with Crippen LogP contribution >= 0.6 is 11.3 Å². The van der Waals surface area contributed by atoms with E-state index in [0.29, 0.717) is 42.6 Å². The number of hydrogen-bond donors (Lipinski definition) is 1. The molecule has 0 saturated carbocycles. The summed E-state index contributed by atoms with van der Waals surface area (Å²) >= 11 is 1.25. The lowest BCUT2D eigenvalue weighted by molar-refractivity contribution is 0.0713. The van der Waals surface area contributed by atoms with Gasteiger partial charge in [-0.15, -0.1) is 10.2 Å². The summed E-state index contributed by atoms with van der Waals surface area (Å²) in [6, 6.07) is 7.03. The maximum atomic E-state index is 12.5. The number of amides is 2. The number of aromatic nitrogens is 3. The molecule has 1 fully saturated rings. The van der Waals surface area contributed by atoms with E-state index in [-0.39, 0.29) is 11.8 Å². The van der Waals surface area contributed by atoms with Crippen molar-refractivity contribution in [2.75, 3.05) is 36.4 Å². The van der Waals surface area contributed by atoms with Crippen molar-refractivity contribution in [1.29, 1.82) is 0 Å². The van der Waals surface area contributed by atoms with Crippen LogP contribution in [-0.2, 0) is 0 Å². The Balaban J connectivity index is 1.34. The number of piperazine rings is 1. The van der Waals surface area contributed by atoms with Crippen molar-refractivity contribution in [3.8, 4) is 0 Å². The lowest BCUT2D eigenvalue weighted by Gasteiger charge is -2.35. The molecule has 1 aliphatic rings. The van der Waals surface area contributed by atoms with E-state index < -0.39 is 0 Å². The zero-order valence-electron chi connectivity index (χ0n) is 15.2. The SMILES string of the molecule is Cc1ccc(C(=O)N2CCN(c3ccc(C(=O)Nc4nncs4)cn3)CC2)o1. The summed E-state index contributed by atoms with van der Waals surface area (Å²) in [5.41, 5.74) is 2.00. The third kappa shape index (κ3) is 3.86. The highest BCUT2D eigenvalue weighted by molar-refractivity contribution is 7.13. The van der Waals surface area contributed by atoms with Crippen LogP contribution < -0.4 is 10.2 Å². The summed E-state index contributed by atoms with van der Waals surface area (Å²) in [6.45, 7) is 4.31. The van der Waals surface area contributed by atoms with E-state index in [0.717, 1.165) is 11.6 Å². The zero-order chi connectivity index (χ0) is 19.5. The Hall–Kier alpha value is -3.27. The van der Waals surface area contributed by atoms with E-state index >= 15 is 0 Å². The van der Waals surface area contributed by atoms with E-state index in [1.807, 2.05) is 13.0 Å². The van der Waals surface area contributed by atoms with Gasteiger partial charge in [-0.2, -0.15) is 0 Å². The van der Waals surface area contributed by atoms with Crippen molar-refractivity contribution in [3.63, 3.8) is 0 Å². The van der Waals surface area contributed by atoms with Gasteiger partial charge in [0.25, 0.3) is 11.8 Å². The number of nitrogens with zero attached hydrogens (tertiary/aromatic N) is 5. The molecule has 0 radical (unpaired) electrons. The van der Waals surface area contributed by atoms with Gasteiger partial charge in [0, 0.05) is 32.4 Å². The zero-order valence-corrected chi connectivity index (χ0v) is 16.0. The Labute approximate surface area is 165 Å². The summed E-state index contributed by atoms with van der Waals surface area (Å²) in [4.78, 5) is 32.9. The van der Waals surface area contributed by atoms with Gasteiger partial charge in [-0.1, -0.05) is 11.3 Å². The average Bonchev–Trinajstić information content (AvgIpc) is 3.39. The molecule has 0 spiro atoms. The number of nitrogens with one attached hydrogen (secondary N) is 1. The van der Waals surface area contributed by atoms with Crippen LogP contribution in [0, 0.1) is 6.92 Å². The van der Waals surface area contributed by atoms with E-state index in [9.17, 15) is 9.59 Å². The van der Waals surface area contributed by atoms with Gasteiger partial charge in [-0.25, -0.2) is 4.98 Å². The number of hydrogen-bond acceptors (Lipinski definition) is 8. The van der Waals surface area contributed by atoms with Gasteiger partial charge in [0.05, 0.1) is 5.56 Å². The Morgan fingerprint density at radius 3 is 2.57 bits per heavy atom. The highest BCUT2D eigenvalue weighted by atomic mass is 32.1. The summed E-state index contributed by atoms with van der Waals surface area (Å²) < 4.78 is 5.42. The van der Waals surface area contributed by atoms with Gasteiger partial charge in [-0.3, -0.25) is 14.9 Å². The summed E-state index contributed by atoms with van der Waals surface area (Å²) in [5, 5.41) is 10.6. The third-order valence-electron chi connectivity index (χ3n) is 4.43. The van der Waals surface area contributed by atoms with Gasteiger partial charge < -0.3 is 14.2 Å². The van der Waals surface area contributed by atoms with Crippen LogP contribution in [0.3, 0.4) is 0 Å². The van der Waals surface area contributed by atoms with Crippen molar-refractivity contribution in [2.24, 2.45) is 0 Å². The molecule has 1 N–H and O–H groups in total. The van der Waals surface area contributed by atoms with E-state index in [1.54, 1.807) is 28.6 Å². The molecular weight excluding hydrogens is 380 g/mol. The minimum absolute atomic E-state index is 0.0931. The molecule has 4 heterocycles. The molecule has 0 unspecified atom stereocenters. The molecule has 1 aliphatic heterocycles. The maximum Gasteiger partial charge on any atom is 0.289 e. The third-order valence-corrected chi connectivity index (χ3v) is 5.04. The molecule has 2 amide bonds. The van der Waals surface area contributed by atoms with E-state index in [4.69, 9.17) is 4.42 Å². The summed E-state index contributed by atoms with van der Waals surface area (Å²) in [5.74, 6) is 1.49. The number of carbonyl (C=O) groups is 2. The van der Waals surface area contributed by atoms with Crippen LogP contribution in [0.15, 0.2) is 40.4 Å². The quantitative estimate of drug-likeness (QED) is 0.717. The number of aryl methyl sites for hydroxylation is 1. The number of pyridine rings is 1. The fourth-order valence-corrected chi connectivity index (χ4v) is 3.39. The van der Waals surface area contributed by atoms with Gasteiger partial charge >= 0.3 is 0 Å². The Kier molecular flexibility index (Phi) is 5.02. The number of carbonyl (C=O) groups excluding carboxylic acids is 2. The van der Waals surface area contributed by atoms with Crippen molar-refractivity contribution in [2.45, 2.75) is 6.92 Å². The highest BCUT2D eigenvalue weighted by Gasteiger charge is 2.24. The Morgan fingerprint density at radius 1 is 1.14 bits per heavy atom. The average molecular weight is 398 g/mol. The summed E-state index contributed by atoms with van der Waals surface area (Å²) in [7, 11) is 0. The second-order valence-electron chi connectivity index (χ2n) is 6.29. The molecule has 3 aromatic rings. The molecule has 0 aromatic carbocycles. The molecule has 144 valence electrons. The Morgan fingerprint density at radius 2 is 1.96 bits per heavy atom. The minimum atomic E-state index is -0.278. The number of furan rings is 1. The lowest BCUT2D eigenvalue weighted by atomic mass is 10.2. The number of anilines is 2. The maximum absolute atomic E-state index is 12.5. The molecule has 28 heavy (non-hydrogen) atoms. The van der Waals surface area contributed by atoms with Gasteiger partial charge in [-0.05, 0) is 31.2 Å². The fraction of sp³-hybridized carbons (Fsp3) is 0.278. The molecule has 1 saturated heterocycles. The van der Waals surface area contributed by atoms with Crippen molar-refractivity contribution >= 4 is 34.1 Å². The second kappa shape index (κ2) is 7.77. The molecule has 0 aliphatic carbocycles. The van der Waals surface area contributed by atoms with E-state index in [1.165, 1.54) is 17.5 Å². The van der Waals surface area contributed by atoms with Gasteiger partial charge in [0.15, 0.2) is 5.76 Å². The van der Waals surface area contributed by atoms with Gasteiger partial charge in [0.2, 0.25) is 5.13 Å². The topological polar surface area (TPSA) is 104 Å². The van der Waals surface area contributed by atoms with Crippen molar-refractivity contribution < 1.29 is 14.0 Å². The van der Waals surface area contributed by atoms with Crippen LogP contribution in [-0.4, -0.2) is 58.1 Å². The minimum Gasteiger partial charge on any atom is -0.456 e. The largest absolute Gasteiger partial charge is 0.456 e. The highest BCUT2D eigenvalue weighted by Crippen LogP contribution is 2.17. The molecule has 4 rings (SSSR count). The van der Waals surface area contributed by atoms with Crippen molar-refractivity contribution in [3.05, 3.63) is 53.1 Å². The first-order valence-electron chi connectivity index (χ1n) is 8.74. The molecular formula is C18H18N6O3S. The van der Waals surface area contributed by atoms with Crippen LogP contribution in [0.2, 0.25) is 0 Å². The Bertz CT molecular complexity index is 962.